The van der Waals surface area contributed by atoms with Crippen LogP contribution in [-0.4, -0.2) is 23.0 Å². The molecule has 1 atom stereocenters. The standard InChI is InChI=1S/C11H15ClN2S2/c1-7(16-2)6-14-9-5-3-4-8(12)10(9)11(13)15/h3-5,7,14H,6H2,1-2H3,(H2,13,15). The van der Waals surface area contributed by atoms with Crippen LogP contribution in [0.2, 0.25) is 5.02 Å². The Kier molecular flexibility index (Phi) is 5.38. The molecule has 2 nitrogen and oxygen atoms in total. The van der Waals surface area contributed by atoms with Crippen LogP contribution in [0.4, 0.5) is 5.69 Å². The molecule has 0 amide bonds. The normalized spacial score (nSPS) is 12.2. The minimum absolute atomic E-state index is 0.324. The van der Waals surface area contributed by atoms with E-state index in [1.165, 1.54) is 0 Å². The van der Waals surface area contributed by atoms with Gasteiger partial charge in [-0.05, 0) is 18.4 Å². The fourth-order valence-corrected chi connectivity index (χ4v) is 2.06. The Morgan fingerprint density at radius 1 is 1.62 bits per heavy atom. The van der Waals surface area contributed by atoms with Gasteiger partial charge < -0.3 is 11.1 Å². The molecule has 0 heterocycles. The molecule has 0 aliphatic carbocycles. The molecule has 1 unspecified atom stereocenters. The molecule has 1 aromatic carbocycles. The molecule has 1 aromatic rings. The van der Waals surface area contributed by atoms with E-state index in [-0.39, 0.29) is 0 Å². The van der Waals surface area contributed by atoms with E-state index in [1.54, 1.807) is 17.8 Å². The Morgan fingerprint density at radius 3 is 2.88 bits per heavy atom. The summed E-state index contributed by atoms with van der Waals surface area (Å²) in [6.45, 7) is 3.01. The van der Waals surface area contributed by atoms with Gasteiger partial charge in [0.15, 0.2) is 0 Å². The molecule has 0 fully saturated rings. The number of thiocarbonyl (C=S) groups is 1. The number of nitrogens with two attached hydrogens (primary N) is 1. The summed E-state index contributed by atoms with van der Waals surface area (Å²) in [5.74, 6) is 0. The van der Waals surface area contributed by atoms with E-state index >= 15 is 0 Å². The van der Waals surface area contributed by atoms with Crippen LogP contribution >= 0.6 is 35.6 Å². The summed E-state index contributed by atoms with van der Waals surface area (Å²) in [7, 11) is 0. The van der Waals surface area contributed by atoms with Gasteiger partial charge in [0.1, 0.15) is 4.99 Å². The van der Waals surface area contributed by atoms with Crippen molar-refractivity contribution in [3.05, 3.63) is 28.8 Å². The average Bonchev–Trinajstić information content (AvgIpc) is 2.25. The van der Waals surface area contributed by atoms with Gasteiger partial charge in [0, 0.05) is 17.5 Å². The first kappa shape index (κ1) is 13.6. The third kappa shape index (κ3) is 3.54. The predicted molar refractivity (Wildman–Crippen MR) is 78.8 cm³/mol. The highest BCUT2D eigenvalue weighted by atomic mass is 35.5. The number of hydrogen-bond donors (Lipinski definition) is 2. The van der Waals surface area contributed by atoms with Crippen LogP contribution < -0.4 is 11.1 Å². The van der Waals surface area contributed by atoms with Crippen LogP contribution in [0, 0.1) is 0 Å². The summed E-state index contributed by atoms with van der Waals surface area (Å²) in [5, 5.41) is 4.43. The van der Waals surface area contributed by atoms with Crippen LogP contribution in [0.5, 0.6) is 0 Å². The second-order valence-electron chi connectivity index (χ2n) is 3.45. The predicted octanol–water partition coefficient (Wildman–Crippen LogP) is 3.14. The fraction of sp³-hybridized carbons (Fsp3) is 0.364. The smallest absolute Gasteiger partial charge is 0.107 e. The summed E-state index contributed by atoms with van der Waals surface area (Å²) in [5.41, 5.74) is 7.29. The number of hydrogen-bond acceptors (Lipinski definition) is 3. The van der Waals surface area contributed by atoms with Crippen molar-refractivity contribution in [2.75, 3.05) is 18.1 Å². The highest BCUT2D eigenvalue weighted by Gasteiger charge is 2.10. The number of thioether (sulfide) groups is 1. The van der Waals surface area contributed by atoms with Crippen LogP contribution in [0.1, 0.15) is 12.5 Å². The van der Waals surface area contributed by atoms with Crippen LogP contribution in [0.25, 0.3) is 0 Å². The molecule has 16 heavy (non-hydrogen) atoms. The first-order chi connectivity index (χ1) is 7.56. The fourth-order valence-electron chi connectivity index (χ4n) is 1.26. The summed E-state index contributed by atoms with van der Waals surface area (Å²) < 4.78 is 0. The molecule has 5 heteroatoms. The van der Waals surface area contributed by atoms with Crippen molar-refractivity contribution in [1.29, 1.82) is 0 Å². The zero-order valence-electron chi connectivity index (χ0n) is 9.29. The van der Waals surface area contributed by atoms with Crippen molar-refractivity contribution in [2.24, 2.45) is 5.73 Å². The zero-order chi connectivity index (χ0) is 12.1. The van der Waals surface area contributed by atoms with Gasteiger partial charge in [-0.25, -0.2) is 0 Å². The van der Waals surface area contributed by atoms with E-state index in [0.717, 1.165) is 17.8 Å². The van der Waals surface area contributed by atoms with Crippen LogP contribution in [0.3, 0.4) is 0 Å². The lowest BCUT2D eigenvalue weighted by atomic mass is 10.1. The van der Waals surface area contributed by atoms with E-state index in [1.807, 2.05) is 12.1 Å². The summed E-state index contributed by atoms with van der Waals surface area (Å²) >= 11 is 12.9. The first-order valence-electron chi connectivity index (χ1n) is 4.91. The molecule has 0 bridgehead atoms. The number of anilines is 1. The topological polar surface area (TPSA) is 38.0 Å². The molecule has 3 N–H and O–H groups in total. The van der Waals surface area contributed by atoms with Gasteiger partial charge in [0.25, 0.3) is 0 Å². The number of halogens is 1. The highest BCUT2D eigenvalue weighted by Crippen LogP contribution is 2.24. The van der Waals surface area contributed by atoms with Crippen LogP contribution in [-0.2, 0) is 0 Å². The third-order valence-corrected chi connectivity index (χ3v) is 3.73. The average molecular weight is 275 g/mol. The molecule has 1 rings (SSSR count). The Bertz CT molecular complexity index is 382. The van der Waals surface area contributed by atoms with E-state index < -0.39 is 0 Å². The van der Waals surface area contributed by atoms with Crippen LogP contribution in [0.15, 0.2) is 18.2 Å². The largest absolute Gasteiger partial charge is 0.389 e. The maximum Gasteiger partial charge on any atom is 0.107 e. The minimum atomic E-state index is 0.324. The summed E-state index contributed by atoms with van der Waals surface area (Å²) in [4.78, 5) is 0.324. The maximum absolute atomic E-state index is 6.06. The molecule has 0 aliphatic heterocycles. The monoisotopic (exact) mass is 274 g/mol. The lowest BCUT2D eigenvalue weighted by Gasteiger charge is -2.15. The lowest BCUT2D eigenvalue weighted by molar-refractivity contribution is 1.00. The molecule has 88 valence electrons. The number of nitrogens with one attached hydrogen (secondary N) is 1. The van der Waals surface area contributed by atoms with Gasteiger partial charge in [-0.15, -0.1) is 0 Å². The minimum Gasteiger partial charge on any atom is -0.389 e. The van der Waals surface area contributed by atoms with Gasteiger partial charge >= 0.3 is 0 Å². The molecule has 0 radical (unpaired) electrons. The molecule has 0 aliphatic rings. The van der Waals surface area contributed by atoms with Crippen molar-refractivity contribution in [2.45, 2.75) is 12.2 Å². The molecular formula is C11H15ClN2S2. The maximum atomic E-state index is 6.06. The van der Waals surface area contributed by atoms with Gasteiger partial charge in [-0.2, -0.15) is 11.8 Å². The molecule has 0 spiro atoms. The second-order valence-corrected chi connectivity index (χ2v) is 5.58. The first-order valence-corrected chi connectivity index (χ1v) is 6.98. The number of rotatable bonds is 5. The Hall–Kier alpha value is -0.450. The van der Waals surface area contributed by atoms with Gasteiger partial charge in [0.2, 0.25) is 0 Å². The Labute approximate surface area is 111 Å². The van der Waals surface area contributed by atoms with E-state index in [9.17, 15) is 0 Å². The second kappa shape index (κ2) is 6.33. The van der Waals surface area contributed by atoms with Crippen molar-refractivity contribution in [3.8, 4) is 0 Å². The van der Waals surface area contributed by atoms with E-state index in [4.69, 9.17) is 29.6 Å². The van der Waals surface area contributed by atoms with Gasteiger partial charge in [-0.3, -0.25) is 0 Å². The highest BCUT2D eigenvalue weighted by molar-refractivity contribution is 7.99. The lowest BCUT2D eigenvalue weighted by Crippen LogP contribution is -2.18. The van der Waals surface area contributed by atoms with Crippen molar-refractivity contribution < 1.29 is 0 Å². The van der Waals surface area contributed by atoms with Crippen molar-refractivity contribution in [3.63, 3.8) is 0 Å². The zero-order valence-corrected chi connectivity index (χ0v) is 11.7. The molecule has 0 saturated carbocycles. The molecular weight excluding hydrogens is 260 g/mol. The molecule has 0 aromatic heterocycles. The third-order valence-electron chi connectivity index (χ3n) is 2.24. The van der Waals surface area contributed by atoms with E-state index in [2.05, 4.69) is 18.5 Å². The summed E-state index contributed by atoms with van der Waals surface area (Å²) in [6.07, 6.45) is 2.08. The van der Waals surface area contributed by atoms with Gasteiger partial charge in [-0.1, -0.05) is 36.8 Å². The Balaban J connectivity index is 2.87. The van der Waals surface area contributed by atoms with E-state index in [0.29, 0.717) is 15.3 Å². The SMILES string of the molecule is CSC(C)CNc1cccc(Cl)c1C(N)=S. The summed E-state index contributed by atoms with van der Waals surface area (Å²) in [6, 6.07) is 5.61. The molecule has 0 saturated heterocycles. The van der Waals surface area contributed by atoms with Crippen molar-refractivity contribution in [1.82, 2.24) is 0 Å². The number of benzene rings is 1. The van der Waals surface area contributed by atoms with Gasteiger partial charge in [0.05, 0.1) is 10.6 Å². The quantitative estimate of drug-likeness (QED) is 0.809. The Morgan fingerprint density at radius 2 is 2.31 bits per heavy atom. The van der Waals surface area contributed by atoms with Crippen molar-refractivity contribution >= 4 is 46.3 Å².